The van der Waals surface area contributed by atoms with Crippen molar-refractivity contribution in [2.45, 2.75) is 57.9 Å². The number of sulfonamides is 1. The van der Waals surface area contributed by atoms with E-state index in [0.29, 0.717) is 25.2 Å². The molecule has 1 fully saturated rings. The van der Waals surface area contributed by atoms with E-state index in [1.54, 1.807) is 31.7 Å². The third kappa shape index (κ3) is 4.91. The van der Waals surface area contributed by atoms with Crippen molar-refractivity contribution in [2.75, 3.05) is 26.2 Å². The summed E-state index contributed by atoms with van der Waals surface area (Å²) in [5.74, 6) is -0.919. The number of nitrogens with zero attached hydrogens (tertiary/aromatic N) is 2. The Morgan fingerprint density at radius 1 is 1.21 bits per heavy atom. The fraction of sp³-hybridized carbons (Fsp3) is 0.600. The summed E-state index contributed by atoms with van der Waals surface area (Å²) in [5, 5.41) is 0. The molecule has 0 saturated carbocycles. The molecule has 0 unspecified atom stereocenters. The molecule has 0 bridgehead atoms. The Bertz CT molecular complexity index is 818. The Morgan fingerprint density at radius 2 is 1.89 bits per heavy atom. The summed E-state index contributed by atoms with van der Waals surface area (Å²) in [7, 11) is -3.69. The smallest absolute Gasteiger partial charge is 0.338 e. The van der Waals surface area contributed by atoms with Crippen molar-refractivity contribution < 1.29 is 22.7 Å². The molecule has 1 aromatic rings. The van der Waals surface area contributed by atoms with E-state index in [-0.39, 0.29) is 29.0 Å². The second-order valence-electron chi connectivity index (χ2n) is 7.08. The average molecular weight is 411 g/mol. The maximum absolute atomic E-state index is 12.8. The number of esters is 1. The first-order valence-corrected chi connectivity index (χ1v) is 11.2. The second-order valence-corrected chi connectivity index (χ2v) is 8.98. The number of carbonyl (C=O) groups excluding carboxylic acids is 2. The normalized spacial score (nSPS) is 17.6. The first-order chi connectivity index (χ1) is 13.2. The third-order valence-corrected chi connectivity index (χ3v) is 7.39. The van der Waals surface area contributed by atoms with E-state index in [9.17, 15) is 18.0 Å². The number of likely N-dealkylation sites (tertiary alicyclic amines) is 1. The summed E-state index contributed by atoms with van der Waals surface area (Å²) < 4.78 is 32.1. The Kier molecular flexibility index (Phi) is 7.60. The number of carbonyl (C=O) groups is 2. The number of ether oxygens (including phenoxy) is 1. The fourth-order valence-electron chi connectivity index (χ4n) is 3.47. The van der Waals surface area contributed by atoms with Gasteiger partial charge in [0.25, 0.3) is 5.91 Å². The monoisotopic (exact) mass is 410 g/mol. The quantitative estimate of drug-likeness (QED) is 0.645. The van der Waals surface area contributed by atoms with Gasteiger partial charge in [0, 0.05) is 25.7 Å². The lowest BCUT2D eigenvalue weighted by Crippen LogP contribution is -2.44. The summed E-state index contributed by atoms with van der Waals surface area (Å²) in [6.07, 6.45) is 3.00. The predicted octanol–water partition coefficient (Wildman–Crippen LogP) is 2.58. The first kappa shape index (κ1) is 22.4. The SMILES string of the molecule is CCN(CC)S(=O)(=O)c1cc(C(=O)OCC(=O)N2CCCC[C@H]2C)ccc1C. The van der Waals surface area contributed by atoms with E-state index < -0.39 is 16.0 Å². The maximum Gasteiger partial charge on any atom is 0.338 e. The van der Waals surface area contributed by atoms with Gasteiger partial charge in [-0.2, -0.15) is 4.31 Å². The minimum atomic E-state index is -3.69. The number of rotatable bonds is 7. The van der Waals surface area contributed by atoms with Crippen molar-refractivity contribution >= 4 is 21.9 Å². The molecule has 0 aliphatic carbocycles. The molecular formula is C20H30N2O5S. The zero-order chi connectivity index (χ0) is 20.9. The molecule has 2 rings (SSSR count). The van der Waals surface area contributed by atoms with Crippen LogP contribution < -0.4 is 0 Å². The van der Waals surface area contributed by atoms with Crippen LogP contribution >= 0.6 is 0 Å². The summed E-state index contributed by atoms with van der Waals surface area (Å²) in [4.78, 5) is 26.6. The van der Waals surface area contributed by atoms with Crippen LogP contribution in [0.5, 0.6) is 0 Å². The highest BCUT2D eigenvalue weighted by Gasteiger charge is 2.26. The van der Waals surface area contributed by atoms with Gasteiger partial charge in [-0.05, 0) is 50.8 Å². The second kappa shape index (κ2) is 9.52. The van der Waals surface area contributed by atoms with Crippen molar-refractivity contribution in [1.29, 1.82) is 0 Å². The van der Waals surface area contributed by atoms with Gasteiger partial charge >= 0.3 is 5.97 Å². The van der Waals surface area contributed by atoms with Gasteiger partial charge in [0.1, 0.15) is 0 Å². The number of benzene rings is 1. The topological polar surface area (TPSA) is 84.0 Å². The highest BCUT2D eigenvalue weighted by atomic mass is 32.2. The highest BCUT2D eigenvalue weighted by molar-refractivity contribution is 7.89. The molecule has 1 saturated heterocycles. The molecule has 0 spiro atoms. The minimum Gasteiger partial charge on any atom is -0.452 e. The number of hydrogen-bond acceptors (Lipinski definition) is 5. The molecule has 0 aromatic heterocycles. The van der Waals surface area contributed by atoms with Gasteiger partial charge < -0.3 is 9.64 Å². The van der Waals surface area contributed by atoms with Crippen LogP contribution in [0.4, 0.5) is 0 Å². The van der Waals surface area contributed by atoms with Crippen LogP contribution in [0, 0.1) is 6.92 Å². The van der Waals surface area contributed by atoms with Crippen molar-refractivity contribution in [1.82, 2.24) is 9.21 Å². The molecule has 0 radical (unpaired) electrons. The van der Waals surface area contributed by atoms with Crippen molar-refractivity contribution in [3.8, 4) is 0 Å². The van der Waals surface area contributed by atoms with Crippen LogP contribution in [0.3, 0.4) is 0 Å². The lowest BCUT2D eigenvalue weighted by atomic mass is 10.0. The largest absolute Gasteiger partial charge is 0.452 e. The van der Waals surface area contributed by atoms with Gasteiger partial charge in [-0.3, -0.25) is 4.79 Å². The molecule has 1 atom stereocenters. The third-order valence-electron chi connectivity index (χ3n) is 5.20. The van der Waals surface area contributed by atoms with Gasteiger partial charge in [-0.15, -0.1) is 0 Å². The molecule has 1 aromatic carbocycles. The summed E-state index contributed by atoms with van der Waals surface area (Å²) in [6, 6.07) is 4.58. The van der Waals surface area contributed by atoms with Crippen LogP contribution in [0.1, 0.15) is 56.0 Å². The molecule has 28 heavy (non-hydrogen) atoms. The van der Waals surface area contributed by atoms with Gasteiger partial charge in [0.15, 0.2) is 6.61 Å². The van der Waals surface area contributed by atoms with E-state index in [2.05, 4.69) is 0 Å². The van der Waals surface area contributed by atoms with Gasteiger partial charge in [0.05, 0.1) is 10.5 Å². The molecule has 156 valence electrons. The molecular weight excluding hydrogens is 380 g/mol. The Balaban J connectivity index is 2.13. The number of hydrogen-bond donors (Lipinski definition) is 0. The Labute approximate surface area is 167 Å². The zero-order valence-electron chi connectivity index (χ0n) is 17.1. The summed E-state index contributed by atoms with van der Waals surface area (Å²) in [5.41, 5.74) is 0.678. The van der Waals surface area contributed by atoms with Gasteiger partial charge in [-0.25, -0.2) is 13.2 Å². The Morgan fingerprint density at radius 3 is 2.50 bits per heavy atom. The Hall–Kier alpha value is -1.93. The first-order valence-electron chi connectivity index (χ1n) is 9.79. The molecule has 0 N–H and O–H groups in total. The molecule has 1 heterocycles. The van der Waals surface area contributed by atoms with Crippen molar-refractivity contribution in [3.63, 3.8) is 0 Å². The van der Waals surface area contributed by atoms with Crippen LogP contribution in [-0.2, 0) is 19.6 Å². The standard InChI is InChI=1S/C20H30N2O5S/c1-5-21(6-2)28(25,26)18-13-17(11-10-15(18)3)20(24)27-14-19(23)22-12-8-7-9-16(22)4/h10-11,13,16H,5-9,12,14H2,1-4H3/t16-/m1/s1. The van der Waals surface area contributed by atoms with Crippen LogP contribution in [0.15, 0.2) is 23.1 Å². The predicted molar refractivity (Wildman–Crippen MR) is 107 cm³/mol. The maximum atomic E-state index is 12.8. The number of piperidine rings is 1. The van der Waals surface area contributed by atoms with E-state index in [1.165, 1.54) is 16.4 Å². The zero-order valence-corrected chi connectivity index (χ0v) is 17.9. The molecule has 1 aliphatic rings. The van der Waals surface area contributed by atoms with Crippen LogP contribution in [0.2, 0.25) is 0 Å². The lowest BCUT2D eigenvalue weighted by Gasteiger charge is -2.33. The van der Waals surface area contributed by atoms with E-state index in [1.807, 2.05) is 6.92 Å². The average Bonchev–Trinajstić information content (AvgIpc) is 2.67. The lowest BCUT2D eigenvalue weighted by molar-refractivity contribution is -0.137. The van der Waals surface area contributed by atoms with Crippen molar-refractivity contribution in [2.24, 2.45) is 0 Å². The van der Waals surface area contributed by atoms with E-state index in [0.717, 1.165) is 19.3 Å². The summed E-state index contributed by atoms with van der Waals surface area (Å²) in [6.45, 7) is 8.23. The number of amides is 1. The van der Waals surface area contributed by atoms with Crippen LogP contribution in [0.25, 0.3) is 0 Å². The van der Waals surface area contributed by atoms with Gasteiger partial charge in [0.2, 0.25) is 10.0 Å². The van der Waals surface area contributed by atoms with E-state index in [4.69, 9.17) is 4.74 Å². The van der Waals surface area contributed by atoms with Crippen molar-refractivity contribution in [3.05, 3.63) is 29.3 Å². The molecule has 1 amide bonds. The molecule has 1 aliphatic heterocycles. The fourth-order valence-corrected chi connectivity index (χ4v) is 5.18. The number of aryl methyl sites for hydroxylation is 1. The molecule has 7 nitrogen and oxygen atoms in total. The minimum absolute atomic E-state index is 0.0848. The van der Waals surface area contributed by atoms with Crippen LogP contribution in [-0.4, -0.2) is 61.8 Å². The van der Waals surface area contributed by atoms with Gasteiger partial charge in [-0.1, -0.05) is 19.9 Å². The molecule has 8 heteroatoms. The highest BCUT2D eigenvalue weighted by Crippen LogP contribution is 2.22. The summed E-state index contributed by atoms with van der Waals surface area (Å²) >= 11 is 0. The van der Waals surface area contributed by atoms with E-state index >= 15 is 0 Å².